The summed E-state index contributed by atoms with van der Waals surface area (Å²) in [5.41, 5.74) is 2.86. The van der Waals surface area contributed by atoms with E-state index in [0.717, 1.165) is 21.3 Å². The third-order valence-corrected chi connectivity index (χ3v) is 6.32. The molecule has 1 aromatic carbocycles. The van der Waals surface area contributed by atoms with Gasteiger partial charge in [-0.15, -0.1) is 10.2 Å². The normalized spacial score (nSPS) is 10.6. The highest BCUT2D eigenvalue weighted by atomic mass is 32.2. The summed E-state index contributed by atoms with van der Waals surface area (Å²) < 4.78 is 0.769. The molecule has 0 atom stereocenters. The van der Waals surface area contributed by atoms with Gasteiger partial charge in [0.2, 0.25) is 16.9 Å². The van der Waals surface area contributed by atoms with Crippen molar-refractivity contribution < 1.29 is 9.59 Å². The molecule has 0 unspecified atom stereocenters. The van der Waals surface area contributed by atoms with Gasteiger partial charge in [0.25, 0.3) is 0 Å². The van der Waals surface area contributed by atoms with Gasteiger partial charge in [0.1, 0.15) is 0 Å². The maximum Gasteiger partial charge on any atom is 0.226 e. The third-order valence-electron chi connectivity index (χ3n) is 4.27. The molecule has 0 saturated carbocycles. The van der Waals surface area contributed by atoms with Crippen LogP contribution in [0.2, 0.25) is 0 Å². The van der Waals surface area contributed by atoms with Gasteiger partial charge in [-0.25, -0.2) is 0 Å². The lowest BCUT2D eigenvalue weighted by molar-refractivity contribution is -0.121. The van der Waals surface area contributed by atoms with Crippen LogP contribution in [0.25, 0.3) is 11.3 Å². The highest BCUT2D eigenvalue weighted by molar-refractivity contribution is 8.00. The molecule has 32 heavy (non-hydrogen) atoms. The third kappa shape index (κ3) is 6.22. The van der Waals surface area contributed by atoms with E-state index < -0.39 is 0 Å². The average molecular weight is 466 g/mol. The van der Waals surface area contributed by atoms with Gasteiger partial charge in [0.15, 0.2) is 10.2 Å². The molecular weight excluding hydrogens is 446 g/mol. The number of rotatable bonds is 9. The minimum absolute atomic E-state index is 0.0255. The van der Waals surface area contributed by atoms with Crippen LogP contribution in [-0.4, -0.2) is 37.2 Å². The Morgan fingerprint density at radius 2 is 1.72 bits per heavy atom. The second-order valence-electron chi connectivity index (χ2n) is 6.65. The quantitative estimate of drug-likeness (QED) is 0.252. The van der Waals surface area contributed by atoms with Crippen molar-refractivity contribution in [3.05, 3.63) is 66.5 Å². The fourth-order valence-corrected chi connectivity index (χ4v) is 4.44. The predicted molar refractivity (Wildman–Crippen MR) is 124 cm³/mol. The molecule has 0 bridgehead atoms. The number of aromatic amines is 1. The largest absolute Gasteiger partial charge is 0.309 e. The molecule has 11 heteroatoms. The van der Waals surface area contributed by atoms with Crippen molar-refractivity contribution in [2.75, 3.05) is 10.6 Å². The van der Waals surface area contributed by atoms with Crippen molar-refractivity contribution in [2.45, 2.75) is 22.9 Å². The molecule has 9 nitrogen and oxygen atoms in total. The van der Waals surface area contributed by atoms with Gasteiger partial charge >= 0.3 is 0 Å². The SMILES string of the molecule is O=C(CCC(=O)Nc1nnc(SCc2ccccc2)s1)Nc1cc(-c2ccncc2)[nH]n1. The summed E-state index contributed by atoms with van der Waals surface area (Å²) in [5, 5.41) is 20.8. The van der Waals surface area contributed by atoms with Gasteiger partial charge in [0.05, 0.1) is 5.69 Å². The zero-order chi connectivity index (χ0) is 22.2. The van der Waals surface area contributed by atoms with Crippen molar-refractivity contribution in [1.82, 2.24) is 25.4 Å². The first-order chi connectivity index (χ1) is 15.7. The van der Waals surface area contributed by atoms with Crippen molar-refractivity contribution in [1.29, 1.82) is 0 Å². The number of anilines is 2. The predicted octanol–water partition coefficient (Wildman–Crippen LogP) is 3.97. The van der Waals surface area contributed by atoms with Crippen LogP contribution in [0.3, 0.4) is 0 Å². The molecule has 3 heterocycles. The van der Waals surface area contributed by atoms with Crippen LogP contribution in [0.1, 0.15) is 18.4 Å². The molecular formula is C21H19N7O2S2. The fourth-order valence-electron chi connectivity index (χ4n) is 2.72. The van der Waals surface area contributed by atoms with Gasteiger partial charge in [-0.3, -0.25) is 19.7 Å². The van der Waals surface area contributed by atoms with Crippen LogP contribution in [0.15, 0.2) is 65.3 Å². The van der Waals surface area contributed by atoms with E-state index in [9.17, 15) is 9.59 Å². The molecule has 0 aliphatic carbocycles. The number of aromatic nitrogens is 5. The van der Waals surface area contributed by atoms with Crippen molar-refractivity contribution in [2.24, 2.45) is 0 Å². The fraction of sp³-hybridized carbons (Fsp3) is 0.143. The lowest BCUT2D eigenvalue weighted by Gasteiger charge is -2.02. The first kappa shape index (κ1) is 21.7. The number of nitrogens with one attached hydrogen (secondary N) is 3. The number of nitrogens with zero attached hydrogens (tertiary/aromatic N) is 4. The van der Waals surface area contributed by atoms with E-state index in [-0.39, 0.29) is 24.7 Å². The molecule has 0 aliphatic heterocycles. The zero-order valence-corrected chi connectivity index (χ0v) is 18.4. The minimum atomic E-state index is -0.302. The first-order valence-electron chi connectivity index (χ1n) is 9.71. The Labute approximate surface area is 192 Å². The van der Waals surface area contributed by atoms with Crippen molar-refractivity contribution in [3.63, 3.8) is 0 Å². The summed E-state index contributed by atoms with van der Waals surface area (Å²) in [4.78, 5) is 28.3. The van der Waals surface area contributed by atoms with E-state index in [1.807, 2.05) is 42.5 Å². The van der Waals surface area contributed by atoms with E-state index in [4.69, 9.17) is 0 Å². The van der Waals surface area contributed by atoms with Crippen LogP contribution in [0, 0.1) is 0 Å². The van der Waals surface area contributed by atoms with E-state index >= 15 is 0 Å². The number of pyridine rings is 1. The smallest absolute Gasteiger partial charge is 0.226 e. The lowest BCUT2D eigenvalue weighted by atomic mass is 10.2. The number of benzene rings is 1. The molecule has 0 spiro atoms. The van der Waals surface area contributed by atoms with E-state index in [1.54, 1.807) is 30.2 Å². The molecule has 3 aromatic heterocycles. The Hall–Kier alpha value is -3.57. The monoisotopic (exact) mass is 465 g/mol. The summed E-state index contributed by atoms with van der Waals surface area (Å²) in [5.74, 6) is 0.575. The summed E-state index contributed by atoms with van der Waals surface area (Å²) in [6, 6.07) is 15.4. The standard InChI is InChI=1S/C21H19N7O2S2/c29-18(23-17-12-16(25-26-17)15-8-10-22-11-9-15)6-7-19(30)24-20-27-28-21(32-20)31-13-14-4-2-1-3-5-14/h1-5,8-12H,6-7,13H2,(H,24,27,30)(H2,23,25,26,29). The van der Waals surface area contributed by atoms with E-state index in [2.05, 4.69) is 36.0 Å². The summed E-state index contributed by atoms with van der Waals surface area (Å²) in [7, 11) is 0. The van der Waals surface area contributed by atoms with Gasteiger partial charge in [-0.1, -0.05) is 53.4 Å². The lowest BCUT2D eigenvalue weighted by Crippen LogP contribution is -2.17. The topological polar surface area (TPSA) is 126 Å². The molecule has 2 amide bonds. The van der Waals surface area contributed by atoms with Crippen LogP contribution >= 0.6 is 23.1 Å². The molecule has 162 valence electrons. The average Bonchev–Trinajstić information content (AvgIpc) is 3.47. The van der Waals surface area contributed by atoms with Crippen LogP contribution in [0.5, 0.6) is 0 Å². The Bertz CT molecular complexity index is 1180. The second kappa shape index (κ2) is 10.6. The Morgan fingerprint density at radius 1 is 0.969 bits per heavy atom. The van der Waals surface area contributed by atoms with Crippen LogP contribution in [-0.2, 0) is 15.3 Å². The number of carbonyl (C=O) groups excluding carboxylic acids is 2. The zero-order valence-electron chi connectivity index (χ0n) is 16.8. The number of carbonyl (C=O) groups is 2. The molecule has 3 N–H and O–H groups in total. The number of hydrogen-bond donors (Lipinski definition) is 3. The van der Waals surface area contributed by atoms with Gasteiger partial charge in [0, 0.05) is 42.6 Å². The Morgan fingerprint density at radius 3 is 2.50 bits per heavy atom. The van der Waals surface area contributed by atoms with Gasteiger partial charge in [-0.2, -0.15) is 5.10 Å². The number of thioether (sulfide) groups is 1. The Balaban J connectivity index is 1.20. The number of H-pyrrole nitrogens is 1. The molecule has 4 rings (SSSR count). The second-order valence-corrected chi connectivity index (χ2v) is 8.85. The number of hydrogen-bond acceptors (Lipinski definition) is 8. The number of amides is 2. The van der Waals surface area contributed by atoms with E-state index in [1.165, 1.54) is 16.9 Å². The highest BCUT2D eigenvalue weighted by Crippen LogP contribution is 2.28. The summed E-state index contributed by atoms with van der Waals surface area (Å²) in [6.45, 7) is 0. The summed E-state index contributed by atoms with van der Waals surface area (Å²) in [6.07, 6.45) is 3.41. The molecule has 0 saturated heterocycles. The molecule has 4 aromatic rings. The maximum absolute atomic E-state index is 12.2. The van der Waals surface area contributed by atoms with Crippen LogP contribution < -0.4 is 10.6 Å². The van der Waals surface area contributed by atoms with Crippen molar-refractivity contribution in [3.8, 4) is 11.3 Å². The van der Waals surface area contributed by atoms with Crippen molar-refractivity contribution >= 4 is 45.9 Å². The molecule has 0 fully saturated rings. The van der Waals surface area contributed by atoms with E-state index in [0.29, 0.717) is 10.9 Å². The Kier molecular flexibility index (Phi) is 7.20. The first-order valence-corrected chi connectivity index (χ1v) is 11.5. The highest BCUT2D eigenvalue weighted by Gasteiger charge is 2.12. The molecule has 0 aliphatic rings. The minimum Gasteiger partial charge on any atom is -0.309 e. The van der Waals surface area contributed by atoms with Crippen LogP contribution in [0.4, 0.5) is 10.9 Å². The van der Waals surface area contributed by atoms with Gasteiger partial charge < -0.3 is 10.6 Å². The summed E-state index contributed by atoms with van der Waals surface area (Å²) >= 11 is 2.87. The molecule has 0 radical (unpaired) electrons. The van der Waals surface area contributed by atoms with Gasteiger partial charge in [-0.05, 0) is 17.7 Å². The maximum atomic E-state index is 12.2.